The van der Waals surface area contributed by atoms with Gasteiger partial charge in [0.15, 0.2) is 0 Å². The number of thiazole rings is 1. The Bertz CT molecular complexity index is 550. The van der Waals surface area contributed by atoms with Crippen LogP contribution in [0, 0.1) is 5.92 Å². The Kier molecular flexibility index (Phi) is 4.74. The average Bonchev–Trinajstić information content (AvgIpc) is 2.91. The van der Waals surface area contributed by atoms with E-state index in [0.717, 1.165) is 0 Å². The Morgan fingerprint density at radius 1 is 1.55 bits per heavy atom. The smallest absolute Gasteiger partial charge is 0.306 e. The Labute approximate surface area is 122 Å². The van der Waals surface area contributed by atoms with Crippen LogP contribution in [0.25, 0.3) is 0 Å². The fourth-order valence-electron chi connectivity index (χ4n) is 2.16. The number of aliphatic carboxylic acids is 1. The van der Waals surface area contributed by atoms with E-state index in [9.17, 15) is 13.2 Å². The largest absolute Gasteiger partial charge is 0.481 e. The van der Waals surface area contributed by atoms with Crippen molar-refractivity contribution >= 4 is 27.5 Å². The third kappa shape index (κ3) is 3.35. The van der Waals surface area contributed by atoms with Gasteiger partial charge >= 0.3 is 5.97 Å². The van der Waals surface area contributed by atoms with Crippen LogP contribution in [0.3, 0.4) is 0 Å². The predicted octanol–water partition coefficient (Wildman–Crippen LogP) is 0.616. The fraction of sp³-hybridized carbons (Fsp3) is 0.636. The molecule has 0 spiro atoms. The first kappa shape index (κ1) is 15.4. The average molecular weight is 319 g/mol. The first-order valence-electron chi connectivity index (χ1n) is 6.22. The highest BCUT2D eigenvalue weighted by Crippen LogP contribution is 2.21. The normalized spacial score (nSPS) is 18.5. The first-order chi connectivity index (χ1) is 9.41. The monoisotopic (exact) mass is 319 g/mol. The van der Waals surface area contributed by atoms with Crippen LogP contribution >= 0.6 is 11.3 Å². The SMILES string of the molecule is CN(Cc1cscn1)S(=O)(=O)N1CCC(C(=O)O)CC1. The molecule has 1 aliphatic rings. The van der Waals surface area contributed by atoms with E-state index < -0.39 is 22.1 Å². The lowest BCUT2D eigenvalue weighted by molar-refractivity contribution is -0.142. The van der Waals surface area contributed by atoms with Crippen LogP contribution in [-0.4, -0.2) is 53.2 Å². The molecule has 7 nitrogen and oxygen atoms in total. The molecule has 0 aliphatic carbocycles. The molecule has 0 radical (unpaired) electrons. The van der Waals surface area contributed by atoms with Crippen molar-refractivity contribution in [2.75, 3.05) is 20.1 Å². The minimum absolute atomic E-state index is 0.227. The number of carboxylic acid groups (broad SMARTS) is 1. The van der Waals surface area contributed by atoms with Gasteiger partial charge in [-0.05, 0) is 12.8 Å². The van der Waals surface area contributed by atoms with Gasteiger partial charge in [0.1, 0.15) is 0 Å². The summed E-state index contributed by atoms with van der Waals surface area (Å²) in [6, 6.07) is 0. The summed E-state index contributed by atoms with van der Waals surface area (Å²) in [5.41, 5.74) is 2.37. The standard InChI is InChI=1S/C11H17N3O4S2/c1-13(6-10-7-19-8-12-10)20(17,18)14-4-2-9(3-5-14)11(15)16/h7-9H,2-6H2,1H3,(H,15,16). The maximum Gasteiger partial charge on any atom is 0.306 e. The van der Waals surface area contributed by atoms with Crippen molar-refractivity contribution < 1.29 is 18.3 Å². The number of nitrogens with zero attached hydrogens (tertiary/aromatic N) is 3. The van der Waals surface area contributed by atoms with Gasteiger partial charge in [-0.2, -0.15) is 17.0 Å². The second-order valence-corrected chi connectivity index (χ2v) is 7.51. The number of rotatable bonds is 5. The van der Waals surface area contributed by atoms with Crippen LogP contribution in [0.4, 0.5) is 0 Å². The van der Waals surface area contributed by atoms with Crippen molar-refractivity contribution in [1.29, 1.82) is 0 Å². The van der Waals surface area contributed by atoms with Crippen LogP contribution in [0.1, 0.15) is 18.5 Å². The molecular weight excluding hydrogens is 302 g/mol. The lowest BCUT2D eigenvalue weighted by atomic mass is 9.99. The quantitative estimate of drug-likeness (QED) is 0.859. The molecule has 2 rings (SSSR count). The minimum Gasteiger partial charge on any atom is -0.481 e. The molecule has 1 N–H and O–H groups in total. The molecule has 2 heterocycles. The lowest BCUT2D eigenvalue weighted by Crippen LogP contribution is -2.46. The van der Waals surface area contributed by atoms with Gasteiger partial charge in [0, 0.05) is 25.5 Å². The summed E-state index contributed by atoms with van der Waals surface area (Å²) in [5, 5.41) is 10.7. The van der Waals surface area contributed by atoms with E-state index in [1.165, 1.54) is 27.0 Å². The molecule has 112 valence electrons. The molecule has 0 unspecified atom stereocenters. The third-order valence-electron chi connectivity index (χ3n) is 3.39. The van der Waals surface area contributed by atoms with Gasteiger partial charge in [0.25, 0.3) is 10.2 Å². The van der Waals surface area contributed by atoms with E-state index in [2.05, 4.69) is 4.98 Å². The molecule has 0 saturated carbocycles. The summed E-state index contributed by atoms with van der Waals surface area (Å²) in [6.45, 7) is 0.728. The van der Waals surface area contributed by atoms with Crippen LogP contribution in [0.15, 0.2) is 10.9 Å². The van der Waals surface area contributed by atoms with E-state index in [-0.39, 0.29) is 19.6 Å². The Morgan fingerprint density at radius 2 is 2.20 bits per heavy atom. The van der Waals surface area contributed by atoms with Gasteiger partial charge in [0.05, 0.1) is 23.7 Å². The van der Waals surface area contributed by atoms with E-state index in [1.807, 2.05) is 5.38 Å². The summed E-state index contributed by atoms with van der Waals surface area (Å²) in [7, 11) is -2.04. The maximum absolute atomic E-state index is 12.4. The van der Waals surface area contributed by atoms with Gasteiger partial charge in [-0.25, -0.2) is 4.98 Å². The maximum atomic E-state index is 12.4. The molecule has 20 heavy (non-hydrogen) atoms. The first-order valence-corrected chi connectivity index (χ1v) is 8.56. The second kappa shape index (κ2) is 6.17. The number of hydrogen-bond donors (Lipinski definition) is 1. The van der Waals surface area contributed by atoms with E-state index in [1.54, 1.807) is 5.51 Å². The summed E-state index contributed by atoms with van der Waals surface area (Å²) in [4.78, 5) is 14.9. The Hall–Kier alpha value is -1.03. The second-order valence-electron chi connectivity index (χ2n) is 4.76. The molecule has 1 aliphatic heterocycles. The van der Waals surface area contributed by atoms with Gasteiger partial charge in [-0.15, -0.1) is 11.3 Å². The number of aromatic nitrogens is 1. The molecule has 0 amide bonds. The number of carboxylic acids is 1. The van der Waals surface area contributed by atoms with Gasteiger partial charge in [-0.1, -0.05) is 0 Å². The zero-order chi connectivity index (χ0) is 14.8. The van der Waals surface area contributed by atoms with Crippen molar-refractivity contribution in [3.05, 3.63) is 16.6 Å². The Balaban J connectivity index is 1.98. The van der Waals surface area contributed by atoms with Crippen molar-refractivity contribution in [2.45, 2.75) is 19.4 Å². The van der Waals surface area contributed by atoms with Gasteiger partial charge < -0.3 is 5.11 Å². The zero-order valence-corrected chi connectivity index (χ0v) is 12.7. The number of hydrogen-bond acceptors (Lipinski definition) is 5. The molecule has 0 atom stereocenters. The highest BCUT2D eigenvalue weighted by Gasteiger charge is 2.33. The highest BCUT2D eigenvalue weighted by molar-refractivity contribution is 7.86. The lowest BCUT2D eigenvalue weighted by Gasteiger charge is -2.32. The van der Waals surface area contributed by atoms with Crippen molar-refractivity contribution in [2.24, 2.45) is 5.92 Å². The highest BCUT2D eigenvalue weighted by atomic mass is 32.2. The van der Waals surface area contributed by atoms with E-state index in [4.69, 9.17) is 5.11 Å². The summed E-state index contributed by atoms with van der Waals surface area (Å²) in [5.74, 6) is -1.29. The molecule has 0 bridgehead atoms. The Morgan fingerprint density at radius 3 is 2.70 bits per heavy atom. The molecule has 0 aromatic carbocycles. The molecular formula is C11H17N3O4S2. The number of carbonyl (C=O) groups is 1. The van der Waals surface area contributed by atoms with Crippen LogP contribution in [0.5, 0.6) is 0 Å². The van der Waals surface area contributed by atoms with Crippen molar-refractivity contribution in [3.8, 4) is 0 Å². The third-order valence-corrected chi connectivity index (χ3v) is 5.96. The molecule has 1 fully saturated rings. The van der Waals surface area contributed by atoms with Crippen LogP contribution < -0.4 is 0 Å². The molecule has 9 heteroatoms. The molecule has 1 aromatic rings. The minimum atomic E-state index is -3.55. The van der Waals surface area contributed by atoms with Crippen molar-refractivity contribution in [3.63, 3.8) is 0 Å². The zero-order valence-electron chi connectivity index (χ0n) is 11.1. The summed E-state index contributed by atoms with van der Waals surface area (Å²) >= 11 is 1.42. The summed E-state index contributed by atoms with van der Waals surface area (Å²) in [6.07, 6.45) is 0.720. The predicted molar refractivity (Wildman–Crippen MR) is 74.4 cm³/mol. The summed E-state index contributed by atoms with van der Waals surface area (Å²) < 4.78 is 27.3. The van der Waals surface area contributed by atoms with E-state index in [0.29, 0.717) is 18.5 Å². The van der Waals surface area contributed by atoms with Gasteiger partial charge in [0.2, 0.25) is 0 Å². The topological polar surface area (TPSA) is 90.8 Å². The fourth-order valence-corrected chi connectivity index (χ4v) is 4.07. The molecule has 1 aromatic heterocycles. The van der Waals surface area contributed by atoms with Crippen molar-refractivity contribution in [1.82, 2.24) is 13.6 Å². The molecule has 1 saturated heterocycles. The van der Waals surface area contributed by atoms with Crippen LogP contribution in [0.2, 0.25) is 0 Å². The number of piperidine rings is 1. The van der Waals surface area contributed by atoms with E-state index >= 15 is 0 Å². The van der Waals surface area contributed by atoms with Crippen LogP contribution in [-0.2, 0) is 21.5 Å². The van der Waals surface area contributed by atoms with Gasteiger partial charge in [-0.3, -0.25) is 4.79 Å².